The number of carbonyl (C=O) groups excluding carboxylic acids is 2. The van der Waals surface area contributed by atoms with E-state index in [-0.39, 0.29) is 18.3 Å². The van der Waals surface area contributed by atoms with Crippen LogP contribution >= 0.6 is 0 Å². The number of anilines is 1. The van der Waals surface area contributed by atoms with Crippen LogP contribution < -0.4 is 10.6 Å². The second-order valence-electron chi connectivity index (χ2n) is 6.84. The van der Waals surface area contributed by atoms with Crippen LogP contribution in [-0.2, 0) is 9.59 Å². The molecule has 3 aromatic rings. The first-order chi connectivity index (χ1) is 13.9. The number of nitrogens with one attached hydrogen (secondary N) is 2. The molecule has 3 aromatic carbocycles. The summed E-state index contributed by atoms with van der Waals surface area (Å²) in [6.07, 6.45) is 0. The molecule has 7 heteroatoms. The molecule has 2 amide bonds. The Hall–Kier alpha value is -3.32. The van der Waals surface area contributed by atoms with E-state index in [0.29, 0.717) is 0 Å². The molecule has 0 saturated heterocycles. The van der Waals surface area contributed by atoms with Gasteiger partial charge in [0.05, 0.1) is 6.04 Å². The molecule has 3 rings (SSSR count). The van der Waals surface area contributed by atoms with Gasteiger partial charge in [0.2, 0.25) is 0 Å². The lowest BCUT2D eigenvalue weighted by atomic mass is 9.98. The van der Waals surface area contributed by atoms with Crippen LogP contribution in [0.1, 0.15) is 11.6 Å². The van der Waals surface area contributed by atoms with Gasteiger partial charge < -0.3 is 15.5 Å². The van der Waals surface area contributed by atoms with Crippen LogP contribution in [0.15, 0.2) is 60.7 Å². The zero-order valence-electron chi connectivity index (χ0n) is 16.1. The number of nitrogens with zero attached hydrogens (tertiary/aromatic N) is 1. The molecule has 0 saturated carbocycles. The molecule has 5 nitrogen and oxygen atoms in total. The summed E-state index contributed by atoms with van der Waals surface area (Å²) in [7, 11) is 3.78. The van der Waals surface area contributed by atoms with Gasteiger partial charge in [0.15, 0.2) is 11.6 Å². The smallest absolute Gasteiger partial charge is 0.313 e. The third-order valence-electron chi connectivity index (χ3n) is 4.65. The van der Waals surface area contributed by atoms with Crippen LogP contribution in [0.3, 0.4) is 0 Å². The lowest BCUT2D eigenvalue weighted by Gasteiger charge is -2.26. The number of benzene rings is 3. The molecule has 0 aromatic heterocycles. The number of hydrogen-bond donors (Lipinski definition) is 2. The van der Waals surface area contributed by atoms with Crippen molar-refractivity contribution in [3.8, 4) is 0 Å². The van der Waals surface area contributed by atoms with E-state index in [1.165, 1.54) is 6.07 Å². The van der Waals surface area contributed by atoms with Crippen LogP contribution in [0.2, 0.25) is 0 Å². The number of rotatable bonds is 5. The summed E-state index contributed by atoms with van der Waals surface area (Å²) >= 11 is 0. The Labute approximate surface area is 167 Å². The van der Waals surface area contributed by atoms with Gasteiger partial charge >= 0.3 is 11.8 Å². The topological polar surface area (TPSA) is 61.4 Å². The molecule has 0 spiro atoms. The predicted molar refractivity (Wildman–Crippen MR) is 108 cm³/mol. The van der Waals surface area contributed by atoms with Gasteiger partial charge in [0, 0.05) is 18.3 Å². The fourth-order valence-corrected chi connectivity index (χ4v) is 3.14. The first-order valence-corrected chi connectivity index (χ1v) is 9.05. The van der Waals surface area contributed by atoms with Crippen molar-refractivity contribution in [2.24, 2.45) is 0 Å². The molecule has 0 aliphatic heterocycles. The molecule has 0 radical (unpaired) electrons. The highest BCUT2D eigenvalue weighted by Crippen LogP contribution is 2.26. The van der Waals surface area contributed by atoms with Gasteiger partial charge in [-0.15, -0.1) is 0 Å². The average molecular weight is 397 g/mol. The second kappa shape index (κ2) is 8.79. The Morgan fingerprint density at radius 3 is 2.38 bits per heavy atom. The molecule has 0 aliphatic carbocycles. The lowest BCUT2D eigenvalue weighted by molar-refractivity contribution is -0.136. The van der Waals surface area contributed by atoms with Gasteiger partial charge in [-0.2, -0.15) is 0 Å². The number of amides is 2. The summed E-state index contributed by atoms with van der Waals surface area (Å²) in [5.74, 6) is -3.95. The maximum atomic E-state index is 13.3. The Bertz CT molecular complexity index is 1050. The fourth-order valence-electron chi connectivity index (χ4n) is 3.14. The minimum Gasteiger partial charge on any atom is -0.346 e. The molecule has 0 aliphatic rings. The van der Waals surface area contributed by atoms with E-state index in [2.05, 4.69) is 10.6 Å². The highest BCUT2D eigenvalue weighted by Gasteiger charge is 2.20. The van der Waals surface area contributed by atoms with E-state index in [4.69, 9.17) is 0 Å². The van der Waals surface area contributed by atoms with Crippen molar-refractivity contribution in [3.05, 3.63) is 77.9 Å². The largest absolute Gasteiger partial charge is 0.346 e. The number of fused-ring (bicyclic) bond motifs is 1. The third-order valence-corrected chi connectivity index (χ3v) is 4.65. The first kappa shape index (κ1) is 20.4. The highest BCUT2D eigenvalue weighted by molar-refractivity contribution is 6.39. The molecular weight excluding hydrogens is 376 g/mol. The standard InChI is InChI=1S/C22H21F2N3O2/c1-27(2)20(17-9-5-7-14-6-3-4-8-16(14)17)13-25-21(28)22(29)26-15-10-11-18(23)19(24)12-15/h3-12,20H,13H2,1-2H3,(H,25,28)(H,26,29)/t20-/m1/s1. The molecule has 0 unspecified atom stereocenters. The summed E-state index contributed by atoms with van der Waals surface area (Å²) in [6, 6.07) is 16.6. The summed E-state index contributed by atoms with van der Waals surface area (Å²) in [4.78, 5) is 26.3. The maximum Gasteiger partial charge on any atom is 0.313 e. The SMILES string of the molecule is CN(C)[C@H](CNC(=O)C(=O)Nc1ccc(F)c(F)c1)c1cccc2ccccc12. The summed E-state index contributed by atoms with van der Waals surface area (Å²) < 4.78 is 26.2. The Kier molecular flexibility index (Phi) is 6.19. The van der Waals surface area contributed by atoms with Crippen molar-refractivity contribution >= 4 is 28.3 Å². The average Bonchev–Trinajstić information content (AvgIpc) is 2.70. The minimum absolute atomic E-state index is 0.00210. The highest BCUT2D eigenvalue weighted by atomic mass is 19.2. The molecular formula is C22H21F2N3O2. The van der Waals surface area contributed by atoms with Gasteiger partial charge in [0.1, 0.15) is 0 Å². The van der Waals surface area contributed by atoms with Crippen LogP contribution in [-0.4, -0.2) is 37.4 Å². The quantitative estimate of drug-likeness (QED) is 0.648. The van der Waals surface area contributed by atoms with Crippen molar-refractivity contribution < 1.29 is 18.4 Å². The minimum atomic E-state index is -1.10. The summed E-state index contributed by atoms with van der Waals surface area (Å²) in [5, 5.41) is 7.02. The number of carbonyl (C=O) groups is 2. The van der Waals surface area contributed by atoms with Gasteiger partial charge in [-0.3, -0.25) is 9.59 Å². The maximum absolute atomic E-state index is 13.3. The van der Waals surface area contributed by atoms with Crippen molar-refractivity contribution in [3.63, 3.8) is 0 Å². The number of likely N-dealkylation sites (N-methyl/N-ethyl adjacent to an activating group) is 1. The molecule has 0 bridgehead atoms. The molecule has 29 heavy (non-hydrogen) atoms. The predicted octanol–water partition coefficient (Wildman–Crippen LogP) is 3.48. The van der Waals surface area contributed by atoms with E-state index >= 15 is 0 Å². The number of hydrogen-bond acceptors (Lipinski definition) is 3. The van der Waals surface area contributed by atoms with Crippen LogP contribution in [0, 0.1) is 11.6 Å². The summed E-state index contributed by atoms with van der Waals surface area (Å²) in [5.41, 5.74) is 1.02. The molecule has 0 heterocycles. The molecule has 1 atom stereocenters. The van der Waals surface area contributed by atoms with E-state index in [0.717, 1.165) is 28.5 Å². The van der Waals surface area contributed by atoms with Crippen molar-refractivity contribution in [2.75, 3.05) is 26.0 Å². The number of halogens is 2. The Morgan fingerprint density at radius 2 is 1.66 bits per heavy atom. The third kappa shape index (κ3) is 4.75. The van der Waals surface area contributed by atoms with E-state index in [1.54, 1.807) is 0 Å². The van der Waals surface area contributed by atoms with Crippen molar-refractivity contribution in [2.45, 2.75) is 6.04 Å². The van der Waals surface area contributed by atoms with Gasteiger partial charge in [0.25, 0.3) is 0 Å². The first-order valence-electron chi connectivity index (χ1n) is 9.05. The van der Waals surface area contributed by atoms with Gasteiger partial charge in [-0.25, -0.2) is 8.78 Å². The van der Waals surface area contributed by atoms with Crippen LogP contribution in [0.5, 0.6) is 0 Å². The normalized spacial score (nSPS) is 12.0. The molecule has 2 N–H and O–H groups in total. The zero-order valence-corrected chi connectivity index (χ0v) is 16.1. The summed E-state index contributed by atoms with van der Waals surface area (Å²) in [6.45, 7) is 0.199. The molecule has 150 valence electrons. The van der Waals surface area contributed by atoms with E-state index in [9.17, 15) is 18.4 Å². The van der Waals surface area contributed by atoms with E-state index < -0.39 is 23.4 Å². The van der Waals surface area contributed by atoms with Crippen molar-refractivity contribution in [1.29, 1.82) is 0 Å². The lowest BCUT2D eigenvalue weighted by Crippen LogP contribution is -2.40. The van der Waals surface area contributed by atoms with Crippen LogP contribution in [0.4, 0.5) is 14.5 Å². The molecule has 0 fully saturated rings. The van der Waals surface area contributed by atoms with Gasteiger partial charge in [-0.05, 0) is 42.6 Å². The second-order valence-corrected chi connectivity index (χ2v) is 6.84. The Morgan fingerprint density at radius 1 is 0.931 bits per heavy atom. The van der Waals surface area contributed by atoms with Gasteiger partial charge in [-0.1, -0.05) is 42.5 Å². The van der Waals surface area contributed by atoms with Crippen LogP contribution in [0.25, 0.3) is 10.8 Å². The van der Waals surface area contributed by atoms with E-state index in [1.807, 2.05) is 61.5 Å². The Balaban J connectivity index is 1.70. The monoisotopic (exact) mass is 397 g/mol. The van der Waals surface area contributed by atoms with Crippen molar-refractivity contribution in [1.82, 2.24) is 10.2 Å². The zero-order chi connectivity index (χ0) is 21.0. The fraction of sp³-hybridized carbons (Fsp3) is 0.182.